The van der Waals surface area contributed by atoms with Crippen molar-refractivity contribution in [2.75, 3.05) is 11.9 Å². The van der Waals surface area contributed by atoms with E-state index in [0.717, 1.165) is 25.0 Å². The Bertz CT molecular complexity index is 548. The van der Waals surface area contributed by atoms with Crippen LogP contribution in [0.1, 0.15) is 22.4 Å². The number of aliphatic hydroxyl groups is 1. The minimum Gasteiger partial charge on any atom is -0.396 e. The first-order chi connectivity index (χ1) is 9.17. The third-order valence-corrected chi connectivity index (χ3v) is 4.55. The second-order valence-corrected chi connectivity index (χ2v) is 6.28. The van der Waals surface area contributed by atoms with Gasteiger partial charge < -0.3 is 10.4 Å². The summed E-state index contributed by atoms with van der Waals surface area (Å²) in [5, 5.41) is 14.2. The summed E-state index contributed by atoms with van der Waals surface area (Å²) in [4.78, 5) is 17.8. The molecule has 6 heteroatoms. The van der Waals surface area contributed by atoms with Gasteiger partial charge in [-0.15, -0.1) is 22.7 Å². The van der Waals surface area contributed by atoms with Crippen molar-refractivity contribution in [1.82, 2.24) is 4.98 Å². The van der Waals surface area contributed by atoms with Crippen LogP contribution in [0, 0.1) is 0 Å². The Morgan fingerprint density at radius 3 is 2.74 bits per heavy atom. The average molecular weight is 296 g/mol. The largest absolute Gasteiger partial charge is 0.396 e. The number of hydrogen-bond donors (Lipinski definition) is 2. The summed E-state index contributed by atoms with van der Waals surface area (Å²) >= 11 is 3.19. The number of hydrogen-bond acceptors (Lipinski definition) is 5. The van der Waals surface area contributed by atoms with Crippen LogP contribution >= 0.6 is 22.7 Å². The average Bonchev–Trinajstić information content (AvgIpc) is 2.96. The van der Waals surface area contributed by atoms with Gasteiger partial charge in [0.15, 0.2) is 5.13 Å². The van der Waals surface area contributed by atoms with E-state index in [1.54, 1.807) is 11.3 Å². The first kappa shape index (κ1) is 14.2. The number of nitrogens with zero attached hydrogens (tertiary/aromatic N) is 1. The molecule has 0 saturated carbocycles. The molecule has 0 aromatic carbocycles. The molecule has 2 N–H and O–H groups in total. The molecule has 19 heavy (non-hydrogen) atoms. The van der Waals surface area contributed by atoms with Gasteiger partial charge in [-0.1, -0.05) is 0 Å². The first-order valence-electron chi connectivity index (χ1n) is 6.08. The van der Waals surface area contributed by atoms with E-state index in [4.69, 9.17) is 5.11 Å². The minimum absolute atomic E-state index is 0.0900. The van der Waals surface area contributed by atoms with Crippen molar-refractivity contribution < 1.29 is 9.90 Å². The van der Waals surface area contributed by atoms with Crippen molar-refractivity contribution in [1.29, 1.82) is 0 Å². The maximum Gasteiger partial charge on any atom is 0.223 e. The number of amides is 1. The number of anilines is 1. The van der Waals surface area contributed by atoms with Gasteiger partial charge >= 0.3 is 0 Å². The Morgan fingerprint density at radius 2 is 2.05 bits per heavy atom. The zero-order valence-electron chi connectivity index (χ0n) is 10.7. The summed E-state index contributed by atoms with van der Waals surface area (Å²) in [5.74, 6) is -0.0900. The normalized spacial score (nSPS) is 10.6. The molecule has 0 atom stereocenters. The van der Waals surface area contributed by atoms with E-state index < -0.39 is 0 Å². The molecule has 4 nitrogen and oxygen atoms in total. The minimum atomic E-state index is -0.0900. The molecule has 0 fully saturated rings. The lowest BCUT2D eigenvalue weighted by Crippen LogP contribution is -2.05. The van der Waals surface area contributed by atoms with Crippen LogP contribution in [0.25, 0.3) is 0 Å². The van der Waals surface area contributed by atoms with Crippen molar-refractivity contribution >= 4 is 33.7 Å². The smallest absolute Gasteiger partial charge is 0.223 e. The van der Waals surface area contributed by atoms with Gasteiger partial charge in [0.25, 0.3) is 0 Å². The second-order valence-electron chi connectivity index (χ2n) is 4.17. The molecule has 2 aromatic rings. The first-order valence-corrected chi connectivity index (χ1v) is 7.77. The third-order valence-electron chi connectivity index (χ3n) is 2.54. The fraction of sp³-hybridized carbons (Fsp3) is 0.385. The number of nitrogens with one attached hydrogen (secondary N) is 1. The lowest BCUT2D eigenvalue weighted by molar-refractivity contribution is -0.114. The van der Waals surface area contributed by atoms with Crippen LogP contribution in [-0.4, -0.2) is 22.6 Å². The fourth-order valence-corrected chi connectivity index (χ4v) is 3.48. The van der Waals surface area contributed by atoms with E-state index in [-0.39, 0.29) is 12.5 Å². The predicted molar refractivity (Wildman–Crippen MR) is 78.9 cm³/mol. The van der Waals surface area contributed by atoms with Gasteiger partial charge in [0.2, 0.25) is 5.91 Å². The summed E-state index contributed by atoms with van der Waals surface area (Å²) in [5.41, 5.74) is 1.01. The van der Waals surface area contributed by atoms with Gasteiger partial charge in [0.1, 0.15) is 0 Å². The summed E-state index contributed by atoms with van der Waals surface area (Å²) in [6.45, 7) is 1.68. The number of aryl methyl sites for hydroxylation is 2. The maximum absolute atomic E-state index is 10.9. The van der Waals surface area contributed by atoms with Crippen molar-refractivity contribution in [3.8, 4) is 0 Å². The van der Waals surface area contributed by atoms with Crippen LogP contribution in [0.15, 0.2) is 17.5 Å². The number of thiazole rings is 1. The molecule has 102 valence electrons. The van der Waals surface area contributed by atoms with Gasteiger partial charge in [-0.2, -0.15) is 0 Å². The quantitative estimate of drug-likeness (QED) is 0.861. The van der Waals surface area contributed by atoms with Crippen LogP contribution < -0.4 is 5.32 Å². The molecule has 0 aliphatic carbocycles. The van der Waals surface area contributed by atoms with Crippen LogP contribution in [0.2, 0.25) is 0 Å². The molecule has 0 bridgehead atoms. The standard InChI is InChI=1S/C13H16N2O2S2/c1-9(17)14-13-15-10(8-18-13)2-3-11-4-5-12(19-11)6-7-16/h4-5,8,16H,2-3,6-7H2,1H3,(H,14,15,17). The van der Waals surface area contributed by atoms with Crippen molar-refractivity contribution in [3.63, 3.8) is 0 Å². The third kappa shape index (κ3) is 4.41. The highest BCUT2D eigenvalue weighted by atomic mass is 32.1. The molecular formula is C13H16N2O2S2. The molecule has 0 aliphatic heterocycles. The zero-order chi connectivity index (χ0) is 13.7. The van der Waals surface area contributed by atoms with Crippen molar-refractivity contribution in [2.24, 2.45) is 0 Å². The van der Waals surface area contributed by atoms with Crippen LogP contribution in [-0.2, 0) is 24.1 Å². The maximum atomic E-state index is 10.9. The van der Waals surface area contributed by atoms with Crippen molar-refractivity contribution in [2.45, 2.75) is 26.2 Å². The van der Waals surface area contributed by atoms with Gasteiger partial charge in [-0.25, -0.2) is 4.98 Å². The number of aliphatic hydroxyl groups excluding tert-OH is 1. The van der Waals surface area contributed by atoms with Gasteiger partial charge in [-0.05, 0) is 25.0 Å². The second kappa shape index (κ2) is 6.79. The van der Waals surface area contributed by atoms with E-state index in [1.807, 2.05) is 5.38 Å². The molecule has 2 rings (SSSR count). The number of carbonyl (C=O) groups excluding carboxylic acids is 1. The van der Waals surface area contributed by atoms with Crippen LogP contribution in [0.3, 0.4) is 0 Å². The van der Waals surface area contributed by atoms with Gasteiger partial charge in [0, 0.05) is 35.1 Å². The van der Waals surface area contributed by atoms with E-state index >= 15 is 0 Å². The molecule has 0 radical (unpaired) electrons. The van der Waals surface area contributed by atoms with Crippen molar-refractivity contribution in [3.05, 3.63) is 33.0 Å². The molecule has 1 amide bonds. The van der Waals surface area contributed by atoms with E-state index in [0.29, 0.717) is 5.13 Å². The highest BCUT2D eigenvalue weighted by Crippen LogP contribution is 2.21. The molecule has 0 saturated heterocycles. The zero-order valence-corrected chi connectivity index (χ0v) is 12.3. The Labute approximate surface area is 120 Å². The molecule has 0 unspecified atom stereocenters. The number of carbonyl (C=O) groups is 1. The highest BCUT2D eigenvalue weighted by molar-refractivity contribution is 7.14. The summed E-state index contributed by atoms with van der Waals surface area (Å²) in [6.07, 6.45) is 2.54. The SMILES string of the molecule is CC(=O)Nc1nc(CCc2ccc(CCO)s2)cs1. The summed E-state index contributed by atoms with van der Waals surface area (Å²) in [6, 6.07) is 4.18. The van der Waals surface area contributed by atoms with Crippen LogP contribution in [0.5, 0.6) is 0 Å². The molecule has 2 aromatic heterocycles. The summed E-state index contributed by atoms with van der Waals surface area (Å²) < 4.78 is 0. The molecule has 0 spiro atoms. The van der Waals surface area contributed by atoms with E-state index in [9.17, 15) is 4.79 Å². The van der Waals surface area contributed by atoms with Gasteiger partial charge in [-0.3, -0.25) is 4.79 Å². The Kier molecular flexibility index (Phi) is 5.07. The van der Waals surface area contributed by atoms with E-state index in [1.165, 1.54) is 28.0 Å². The Balaban J connectivity index is 1.87. The topological polar surface area (TPSA) is 62.2 Å². The van der Waals surface area contributed by atoms with Crippen LogP contribution in [0.4, 0.5) is 5.13 Å². The molecule has 0 aliphatic rings. The molecular weight excluding hydrogens is 280 g/mol. The van der Waals surface area contributed by atoms with E-state index in [2.05, 4.69) is 22.4 Å². The number of thiophene rings is 1. The Hall–Kier alpha value is -1.24. The lowest BCUT2D eigenvalue weighted by atomic mass is 10.2. The predicted octanol–water partition coefficient (Wildman–Crippen LogP) is 2.48. The highest BCUT2D eigenvalue weighted by Gasteiger charge is 2.05. The number of rotatable bonds is 6. The summed E-state index contributed by atoms with van der Waals surface area (Å²) in [7, 11) is 0. The lowest BCUT2D eigenvalue weighted by Gasteiger charge is -1.96. The number of aromatic nitrogens is 1. The monoisotopic (exact) mass is 296 g/mol. The molecule has 2 heterocycles. The Morgan fingerprint density at radius 1 is 1.32 bits per heavy atom. The fourth-order valence-electron chi connectivity index (χ4n) is 1.68. The van der Waals surface area contributed by atoms with Gasteiger partial charge in [0.05, 0.1) is 5.69 Å².